The minimum atomic E-state index is 0.0481. The first-order valence-electron chi connectivity index (χ1n) is 5.77. The summed E-state index contributed by atoms with van der Waals surface area (Å²) in [6.07, 6.45) is 3.57. The van der Waals surface area contributed by atoms with E-state index in [9.17, 15) is 4.79 Å². The molecular formula is C15H15NO2. The van der Waals surface area contributed by atoms with Gasteiger partial charge < -0.3 is 4.74 Å². The van der Waals surface area contributed by atoms with Gasteiger partial charge >= 0.3 is 0 Å². The number of ketones is 1. The number of pyridine rings is 1. The van der Waals surface area contributed by atoms with Gasteiger partial charge in [0, 0.05) is 29.9 Å². The van der Waals surface area contributed by atoms with Crippen LogP contribution in [0.25, 0.3) is 0 Å². The Morgan fingerprint density at radius 2 is 2.17 bits per heavy atom. The lowest BCUT2D eigenvalue weighted by molar-refractivity contribution is 0.0991. The summed E-state index contributed by atoms with van der Waals surface area (Å²) >= 11 is 0. The predicted molar refractivity (Wildman–Crippen MR) is 70.0 cm³/mol. The first kappa shape index (κ1) is 12.3. The third-order valence-electron chi connectivity index (χ3n) is 2.77. The van der Waals surface area contributed by atoms with Crippen molar-refractivity contribution in [2.75, 3.05) is 7.11 Å². The molecule has 0 radical (unpaired) electrons. The van der Waals surface area contributed by atoms with E-state index in [1.54, 1.807) is 31.6 Å². The molecule has 3 nitrogen and oxygen atoms in total. The van der Waals surface area contributed by atoms with E-state index in [-0.39, 0.29) is 5.78 Å². The second-order valence-electron chi connectivity index (χ2n) is 4.16. The van der Waals surface area contributed by atoms with Crippen LogP contribution in [-0.4, -0.2) is 17.9 Å². The summed E-state index contributed by atoms with van der Waals surface area (Å²) in [6, 6.07) is 9.38. The molecule has 0 aliphatic heterocycles. The Hall–Kier alpha value is -2.16. The van der Waals surface area contributed by atoms with Gasteiger partial charge in [-0.3, -0.25) is 9.78 Å². The quantitative estimate of drug-likeness (QED) is 0.773. The summed E-state index contributed by atoms with van der Waals surface area (Å²) in [5.74, 6) is 0.796. The average molecular weight is 241 g/mol. The van der Waals surface area contributed by atoms with Crippen molar-refractivity contribution in [2.24, 2.45) is 0 Å². The molecule has 92 valence electrons. The largest absolute Gasteiger partial charge is 0.496 e. The van der Waals surface area contributed by atoms with Crippen molar-refractivity contribution in [3.8, 4) is 5.75 Å². The second-order valence-corrected chi connectivity index (χ2v) is 4.16. The Balaban J connectivity index is 2.24. The van der Waals surface area contributed by atoms with Crippen molar-refractivity contribution in [3.63, 3.8) is 0 Å². The number of Topliss-reactive ketones (excluding diaryl/α,β-unsaturated/α-hetero) is 1. The molecule has 2 rings (SSSR count). The normalized spacial score (nSPS) is 10.1. The smallest absolute Gasteiger partial charge is 0.168 e. The minimum absolute atomic E-state index is 0.0481. The number of carbonyl (C=O) groups excluding carboxylic acids is 1. The first-order chi connectivity index (χ1) is 8.70. The predicted octanol–water partition coefficient (Wildman–Crippen LogP) is 2.82. The van der Waals surface area contributed by atoms with Crippen LogP contribution in [0, 0.1) is 6.92 Å². The maximum Gasteiger partial charge on any atom is 0.168 e. The van der Waals surface area contributed by atoms with Crippen molar-refractivity contribution in [1.29, 1.82) is 0 Å². The molecule has 0 atom stereocenters. The zero-order valence-corrected chi connectivity index (χ0v) is 10.5. The lowest BCUT2D eigenvalue weighted by atomic mass is 10.0. The maximum absolute atomic E-state index is 12.1. The Kier molecular flexibility index (Phi) is 3.72. The summed E-state index contributed by atoms with van der Waals surface area (Å²) in [7, 11) is 1.61. The molecule has 18 heavy (non-hydrogen) atoms. The van der Waals surface area contributed by atoms with Gasteiger partial charge in [-0.1, -0.05) is 17.7 Å². The summed E-state index contributed by atoms with van der Waals surface area (Å²) in [5.41, 5.74) is 2.65. The van der Waals surface area contributed by atoms with Crippen LogP contribution in [0.1, 0.15) is 21.5 Å². The highest BCUT2D eigenvalue weighted by molar-refractivity contribution is 5.97. The van der Waals surface area contributed by atoms with Crippen LogP contribution < -0.4 is 4.74 Å². The molecular weight excluding hydrogens is 226 g/mol. The highest BCUT2D eigenvalue weighted by Crippen LogP contribution is 2.21. The van der Waals surface area contributed by atoms with E-state index in [2.05, 4.69) is 4.98 Å². The van der Waals surface area contributed by atoms with Crippen molar-refractivity contribution in [3.05, 3.63) is 59.4 Å². The number of carbonyl (C=O) groups is 1. The van der Waals surface area contributed by atoms with Gasteiger partial charge in [-0.2, -0.15) is 0 Å². The van der Waals surface area contributed by atoms with Crippen LogP contribution >= 0.6 is 0 Å². The van der Waals surface area contributed by atoms with Gasteiger partial charge in [0.15, 0.2) is 5.78 Å². The fourth-order valence-corrected chi connectivity index (χ4v) is 1.85. The lowest BCUT2D eigenvalue weighted by Crippen LogP contribution is -2.05. The fraction of sp³-hybridized carbons (Fsp3) is 0.200. The van der Waals surface area contributed by atoms with Gasteiger partial charge in [0.25, 0.3) is 0 Å². The molecule has 0 saturated carbocycles. The Bertz CT molecular complexity index is 550. The molecule has 0 aliphatic rings. The number of ether oxygens (including phenoxy) is 1. The molecule has 0 saturated heterocycles. The number of aryl methyl sites for hydroxylation is 1. The van der Waals surface area contributed by atoms with E-state index in [1.807, 2.05) is 25.1 Å². The van der Waals surface area contributed by atoms with Crippen molar-refractivity contribution >= 4 is 5.78 Å². The van der Waals surface area contributed by atoms with Gasteiger partial charge in [0.2, 0.25) is 0 Å². The van der Waals surface area contributed by atoms with Crippen molar-refractivity contribution in [2.45, 2.75) is 13.3 Å². The molecule has 0 fully saturated rings. The topological polar surface area (TPSA) is 39.2 Å². The number of hydrogen-bond acceptors (Lipinski definition) is 3. The number of nitrogens with zero attached hydrogens (tertiary/aromatic N) is 1. The molecule has 3 heteroatoms. The first-order valence-corrected chi connectivity index (χ1v) is 5.77. The number of aromatic nitrogens is 1. The zero-order valence-electron chi connectivity index (χ0n) is 10.5. The van der Waals surface area contributed by atoms with Crippen LogP contribution in [0.5, 0.6) is 5.75 Å². The molecule has 0 aliphatic carbocycles. The Labute approximate surface area is 106 Å². The highest BCUT2D eigenvalue weighted by atomic mass is 16.5. The van der Waals surface area contributed by atoms with Crippen LogP contribution in [0.15, 0.2) is 42.7 Å². The van der Waals surface area contributed by atoms with Crippen LogP contribution in [0.4, 0.5) is 0 Å². The van der Waals surface area contributed by atoms with Crippen LogP contribution in [-0.2, 0) is 6.42 Å². The van der Waals surface area contributed by atoms with E-state index in [4.69, 9.17) is 4.74 Å². The van der Waals surface area contributed by atoms with Gasteiger partial charge in [0.05, 0.1) is 7.11 Å². The molecule has 1 aromatic carbocycles. The molecule has 0 N–H and O–H groups in total. The summed E-state index contributed by atoms with van der Waals surface area (Å²) in [4.78, 5) is 16.1. The maximum atomic E-state index is 12.1. The molecule has 1 aromatic heterocycles. The molecule has 0 unspecified atom stereocenters. The molecule has 0 bridgehead atoms. The third-order valence-corrected chi connectivity index (χ3v) is 2.77. The van der Waals surface area contributed by atoms with Gasteiger partial charge in [0.1, 0.15) is 5.75 Å². The van der Waals surface area contributed by atoms with Crippen LogP contribution in [0.3, 0.4) is 0 Å². The monoisotopic (exact) mass is 241 g/mol. The third kappa shape index (κ3) is 2.74. The van der Waals surface area contributed by atoms with E-state index in [0.29, 0.717) is 12.0 Å². The minimum Gasteiger partial charge on any atom is -0.496 e. The zero-order chi connectivity index (χ0) is 13.0. The highest BCUT2D eigenvalue weighted by Gasteiger charge is 2.11. The van der Waals surface area contributed by atoms with E-state index in [0.717, 1.165) is 16.9 Å². The van der Waals surface area contributed by atoms with E-state index >= 15 is 0 Å². The van der Waals surface area contributed by atoms with Gasteiger partial charge in [-0.05, 0) is 25.1 Å². The summed E-state index contributed by atoms with van der Waals surface area (Å²) < 4.78 is 5.27. The molecule has 2 aromatic rings. The van der Waals surface area contributed by atoms with E-state index in [1.165, 1.54) is 0 Å². The van der Waals surface area contributed by atoms with Crippen molar-refractivity contribution < 1.29 is 9.53 Å². The van der Waals surface area contributed by atoms with Gasteiger partial charge in [-0.25, -0.2) is 0 Å². The number of methoxy groups -OCH3 is 1. The molecule has 0 spiro atoms. The Morgan fingerprint density at radius 3 is 2.83 bits per heavy atom. The SMILES string of the molecule is COc1ccc(C)cc1CC(=O)c1cccnc1. The second kappa shape index (κ2) is 5.45. The molecule has 0 amide bonds. The lowest BCUT2D eigenvalue weighted by Gasteiger charge is -2.08. The Morgan fingerprint density at radius 1 is 1.33 bits per heavy atom. The summed E-state index contributed by atoms with van der Waals surface area (Å²) in [6.45, 7) is 2.00. The van der Waals surface area contributed by atoms with Gasteiger partial charge in [-0.15, -0.1) is 0 Å². The average Bonchev–Trinajstić information content (AvgIpc) is 2.40. The van der Waals surface area contributed by atoms with E-state index < -0.39 is 0 Å². The van der Waals surface area contributed by atoms with Crippen molar-refractivity contribution in [1.82, 2.24) is 4.98 Å². The standard InChI is InChI=1S/C15H15NO2/c1-11-5-6-15(18-2)13(8-11)9-14(17)12-4-3-7-16-10-12/h3-8,10H,9H2,1-2H3. The number of rotatable bonds is 4. The molecule has 1 heterocycles. The summed E-state index contributed by atoms with van der Waals surface area (Å²) in [5, 5.41) is 0. The van der Waals surface area contributed by atoms with Crippen LogP contribution in [0.2, 0.25) is 0 Å². The number of hydrogen-bond donors (Lipinski definition) is 0. The number of benzene rings is 1. The fourth-order valence-electron chi connectivity index (χ4n) is 1.85.